The van der Waals surface area contributed by atoms with Crippen molar-refractivity contribution in [3.8, 4) is 17.6 Å². The van der Waals surface area contributed by atoms with Gasteiger partial charge in [-0.2, -0.15) is 5.26 Å². The summed E-state index contributed by atoms with van der Waals surface area (Å²) >= 11 is 6.05. The number of nitrogens with zero attached hydrogens (tertiary/aromatic N) is 1. The predicted octanol–water partition coefficient (Wildman–Crippen LogP) is 5.72. The van der Waals surface area contributed by atoms with Crippen molar-refractivity contribution in [2.45, 2.75) is 46.3 Å². The summed E-state index contributed by atoms with van der Waals surface area (Å²) in [6, 6.07) is 13.3. The van der Waals surface area contributed by atoms with Gasteiger partial charge in [0.05, 0.1) is 0 Å². The standard InChI is InChI=1S/C24H25ClN2O2/c1-13(29-22-10-9-21(28)24(25)20(22)12-26)11-19-14(2)15(3)23(16(4)27)18-8-6-5-7-17(18)19/h5-10,13,16,28H,11,27H2,1-4H3/t13-,16?/m1/s1. The van der Waals surface area contributed by atoms with E-state index in [1.807, 2.05) is 32.0 Å². The Morgan fingerprint density at radius 2 is 1.76 bits per heavy atom. The summed E-state index contributed by atoms with van der Waals surface area (Å²) in [6.07, 6.45) is 0.459. The summed E-state index contributed by atoms with van der Waals surface area (Å²) in [4.78, 5) is 0. The molecule has 3 N–H and O–H groups in total. The molecule has 0 aliphatic rings. The molecule has 2 atom stereocenters. The van der Waals surface area contributed by atoms with Crippen LogP contribution < -0.4 is 10.5 Å². The SMILES string of the molecule is Cc1c(C)c(C(C)N)c2ccccc2c1C[C@@H](C)Oc1ccc(O)c(Cl)c1C#N. The molecule has 0 aromatic heterocycles. The average molecular weight is 409 g/mol. The molecule has 0 saturated heterocycles. The van der Waals surface area contributed by atoms with Gasteiger partial charge in [-0.1, -0.05) is 35.9 Å². The first-order valence-corrected chi connectivity index (χ1v) is 9.98. The molecule has 150 valence electrons. The number of aromatic hydroxyl groups is 1. The fraction of sp³-hybridized carbons (Fsp3) is 0.292. The van der Waals surface area contributed by atoms with E-state index >= 15 is 0 Å². The van der Waals surface area contributed by atoms with E-state index < -0.39 is 0 Å². The zero-order valence-electron chi connectivity index (χ0n) is 17.1. The first-order chi connectivity index (χ1) is 13.8. The van der Waals surface area contributed by atoms with Gasteiger partial charge in [0.1, 0.15) is 34.3 Å². The zero-order valence-corrected chi connectivity index (χ0v) is 17.8. The third-order valence-electron chi connectivity index (χ3n) is 5.43. The lowest BCUT2D eigenvalue weighted by Gasteiger charge is -2.23. The van der Waals surface area contributed by atoms with Crippen LogP contribution in [0.3, 0.4) is 0 Å². The number of nitriles is 1. The van der Waals surface area contributed by atoms with Gasteiger partial charge >= 0.3 is 0 Å². The molecule has 0 heterocycles. The van der Waals surface area contributed by atoms with Crippen LogP contribution in [0.1, 0.15) is 47.7 Å². The molecule has 0 aliphatic carbocycles. The van der Waals surface area contributed by atoms with Crippen LogP contribution in [0, 0.1) is 25.2 Å². The Labute approximate surface area is 176 Å². The first-order valence-electron chi connectivity index (χ1n) is 9.60. The number of fused-ring (bicyclic) bond motifs is 1. The summed E-state index contributed by atoms with van der Waals surface area (Å²) in [6.45, 7) is 8.21. The summed E-state index contributed by atoms with van der Waals surface area (Å²) < 4.78 is 6.05. The summed E-state index contributed by atoms with van der Waals surface area (Å²) in [5, 5.41) is 21.5. The normalized spacial score (nSPS) is 13.1. The highest BCUT2D eigenvalue weighted by atomic mass is 35.5. The second kappa shape index (κ2) is 8.32. The molecular formula is C24H25ClN2O2. The Morgan fingerprint density at radius 3 is 2.38 bits per heavy atom. The van der Waals surface area contributed by atoms with Gasteiger partial charge in [0.2, 0.25) is 0 Å². The van der Waals surface area contributed by atoms with Crippen LogP contribution in [0.15, 0.2) is 36.4 Å². The molecule has 0 radical (unpaired) electrons. The molecule has 0 bridgehead atoms. The van der Waals surface area contributed by atoms with Crippen molar-refractivity contribution in [3.63, 3.8) is 0 Å². The van der Waals surface area contributed by atoms with Crippen molar-refractivity contribution >= 4 is 22.4 Å². The minimum atomic E-state index is -0.203. The van der Waals surface area contributed by atoms with E-state index in [0.29, 0.717) is 12.2 Å². The fourth-order valence-corrected chi connectivity index (χ4v) is 4.16. The number of benzene rings is 3. The number of rotatable bonds is 5. The third-order valence-corrected chi connectivity index (χ3v) is 5.81. The van der Waals surface area contributed by atoms with Crippen LogP contribution in [-0.2, 0) is 6.42 Å². The number of halogens is 1. The Balaban J connectivity index is 2.02. The first kappa shape index (κ1) is 21.0. The number of ether oxygens (including phenoxy) is 1. The average Bonchev–Trinajstić information content (AvgIpc) is 2.68. The van der Waals surface area contributed by atoms with Gasteiger partial charge in [-0.15, -0.1) is 0 Å². The Morgan fingerprint density at radius 1 is 1.10 bits per heavy atom. The minimum absolute atomic E-state index is 0.0101. The van der Waals surface area contributed by atoms with Crippen molar-refractivity contribution in [2.24, 2.45) is 5.73 Å². The molecule has 0 spiro atoms. The molecule has 3 aromatic carbocycles. The summed E-state index contributed by atoms with van der Waals surface area (Å²) in [5.41, 5.74) is 11.2. The largest absolute Gasteiger partial charge is 0.506 e. The van der Waals surface area contributed by atoms with Crippen LogP contribution in [0.2, 0.25) is 5.02 Å². The second-order valence-electron chi connectivity index (χ2n) is 7.49. The number of hydrogen-bond acceptors (Lipinski definition) is 4. The lowest BCUT2D eigenvalue weighted by atomic mass is 9.86. The molecule has 0 saturated carbocycles. The van der Waals surface area contributed by atoms with Gasteiger partial charge in [0.15, 0.2) is 0 Å². The predicted molar refractivity (Wildman–Crippen MR) is 118 cm³/mol. The van der Waals surface area contributed by atoms with E-state index in [-0.39, 0.29) is 28.5 Å². The molecule has 0 amide bonds. The van der Waals surface area contributed by atoms with Crippen molar-refractivity contribution in [1.29, 1.82) is 5.26 Å². The van der Waals surface area contributed by atoms with Gasteiger partial charge in [-0.05, 0) is 72.9 Å². The Kier molecular flexibility index (Phi) is 6.02. The molecule has 0 aliphatic heterocycles. The summed E-state index contributed by atoms with van der Waals surface area (Å²) in [5.74, 6) is 0.237. The van der Waals surface area contributed by atoms with E-state index in [9.17, 15) is 10.4 Å². The number of phenols is 1. The number of hydrogen-bond donors (Lipinski definition) is 2. The lowest BCUT2D eigenvalue weighted by molar-refractivity contribution is 0.221. The Hall–Kier alpha value is -2.74. The molecule has 3 rings (SSSR count). The fourth-order valence-electron chi connectivity index (χ4n) is 3.96. The van der Waals surface area contributed by atoms with Crippen molar-refractivity contribution in [1.82, 2.24) is 0 Å². The Bertz CT molecular complexity index is 1120. The van der Waals surface area contributed by atoms with Gasteiger partial charge in [-0.25, -0.2) is 0 Å². The molecule has 29 heavy (non-hydrogen) atoms. The third kappa shape index (κ3) is 3.89. The van der Waals surface area contributed by atoms with E-state index in [2.05, 4.69) is 26.0 Å². The summed E-state index contributed by atoms with van der Waals surface area (Å²) in [7, 11) is 0. The molecule has 0 fully saturated rings. The van der Waals surface area contributed by atoms with Crippen LogP contribution in [0.25, 0.3) is 10.8 Å². The van der Waals surface area contributed by atoms with Crippen LogP contribution in [0.4, 0.5) is 0 Å². The maximum atomic E-state index is 9.73. The topological polar surface area (TPSA) is 79.3 Å². The quantitative estimate of drug-likeness (QED) is 0.566. The zero-order chi connectivity index (χ0) is 21.3. The maximum absolute atomic E-state index is 9.73. The van der Waals surface area contributed by atoms with Crippen LogP contribution >= 0.6 is 11.6 Å². The van der Waals surface area contributed by atoms with Crippen LogP contribution in [-0.4, -0.2) is 11.2 Å². The van der Waals surface area contributed by atoms with Gasteiger partial charge < -0.3 is 15.6 Å². The van der Waals surface area contributed by atoms with E-state index in [4.69, 9.17) is 22.1 Å². The highest BCUT2D eigenvalue weighted by Gasteiger charge is 2.20. The highest BCUT2D eigenvalue weighted by Crippen LogP contribution is 2.36. The van der Waals surface area contributed by atoms with Gasteiger partial charge in [0.25, 0.3) is 0 Å². The number of nitrogens with two attached hydrogens (primary N) is 1. The van der Waals surface area contributed by atoms with E-state index in [1.54, 1.807) is 6.07 Å². The monoisotopic (exact) mass is 408 g/mol. The minimum Gasteiger partial charge on any atom is -0.506 e. The molecule has 3 aromatic rings. The van der Waals surface area contributed by atoms with Crippen LogP contribution in [0.5, 0.6) is 11.5 Å². The van der Waals surface area contributed by atoms with Crippen molar-refractivity contribution in [2.75, 3.05) is 0 Å². The van der Waals surface area contributed by atoms with E-state index in [0.717, 1.165) is 5.39 Å². The molecule has 4 nitrogen and oxygen atoms in total. The van der Waals surface area contributed by atoms with Crippen molar-refractivity contribution < 1.29 is 9.84 Å². The van der Waals surface area contributed by atoms with Crippen molar-refractivity contribution in [3.05, 3.63) is 69.2 Å². The molecule has 1 unspecified atom stereocenters. The van der Waals surface area contributed by atoms with E-state index in [1.165, 1.54) is 33.7 Å². The van der Waals surface area contributed by atoms with Gasteiger partial charge in [-0.3, -0.25) is 0 Å². The smallest absolute Gasteiger partial charge is 0.139 e. The maximum Gasteiger partial charge on any atom is 0.139 e. The number of phenolic OH excluding ortho intramolecular Hbond substituents is 1. The highest BCUT2D eigenvalue weighted by molar-refractivity contribution is 6.33. The second-order valence-corrected chi connectivity index (χ2v) is 7.87. The molecule has 5 heteroatoms. The molecular weight excluding hydrogens is 384 g/mol. The lowest BCUT2D eigenvalue weighted by Crippen LogP contribution is -2.18. The van der Waals surface area contributed by atoms with Gasteiger partial charge in [0, 0.05) is 12.5 Å².